The number of halogens is 1. The van der Waals surface area contributed by atoms with Crippen molar-refractivity contribution in [2.24, 2.45) is 0 Å². The first-order chi connectivity index (χ1) is 7.54. The van der Waals surface area contributed by atoms with Crippen LogP contribution in [-0.2, 0) is 11.2 Å². The van der Waals surface area contributed by atoms with Crippen LogP contribution in [0.2, 0.25) is 5.02 Å². The summed E-state index contributed by atoms with van der Waals surface area (Å²) in [6.07, 6.45) is 1.41. The van der Waals surface area contributed by atoms with Crippen LogP contribution < -0.4 is 4.74 Å². The average molecular weight is 243 g/mol. The number of hydrogen-bond donors (Lipinski definition) is 1. The van der Waals surface area contributed by atoms with Crippen LogP contribution in [0.1, 0.15) is 24.0 Å². The molecule has 0 aliphatic rings. The molecule has 0 heterocycles. The van der Waals surface area contributed by atoms with Crippen LogP contribution in [0.3, 0.4) is 0 Å². The summed E-state index contributed by atoms with van der Waals surface area (Å²) in [6.45, 7) is 1.91. The van der Waals surface area contributed by atoms with Gasteiger partial charge in [-0.15, -0.1) is 0 Å². The third-order valence-corrected chi connectivity index (χ3v) is 2.81. The van der Waals surface area contributed by atoms with Gasteiger partial charge in [-0.05, 0) is 43.0 Å². The van der Waals surface area contributed by atoms with E-state index < -0.39 is 5.97 Å². The first-order valence-corrected chi connectivity index (χ1v) is 5.47. The maximum atomic E-state index is 10.4. The maximum absolute atomic E-state index is 10.4. The molecule has 0 saturated heterocycles. The van der Waals surface area contributed by atoms with Crippen LogP contribution >= 0.6 is 11.6 Å². The van der Waals surface area contributed by atoms with E-state index in [4.69, 9.17) is 21.4 Å². The average Bonchev–Trinajstić information content (AvgIpc) is 2.22. The Morgan fingerprint density at radius 2 is 2.19 bits per heavy atom. The molecule has 0 unspecified atom stereocenters. The Labute approximate surface area is 100.0 Å². The molecule has 0 radical (unpaired) electrons. The summed E-state index contributed by atoms with van der Waals surface area (Å²) in [5.41, 5.74) is 1.92. The molecular weight excluding hydrogens is 228 g/mol. The van der Waals surface area contributed by atoms with E-state index in [9.17, 15) is 4.79 Å². The summed E-state index contributed by atoms with van der Waals surface area (Å²) in [6, 6.07) is 3.72. The number of methoxy groups -OCH3 is 1. The molecule has 0 fully saturated rings. The van der Waals surface area contributed by atoms with E-state index in [0.717, 1.165) is 16.9 Å². The number of hydrogen-bond acceptors (Lipinski definition) is 2. The van der Waals surface area contributed by atoms with Crippen molar-refractivity contribution < 1.29 is 14.6 Å². The van der Waals surface area contributed by atoms with Gasteiger partial charge in [0.1, 0.15) is 5.75 Å². The van der Waals surface area contributed by atoms with Gasteiger partial charge in [-0.2, -0.15) is 0 Å². The Kier molecular flexibility index (Phi) is 4.62. The molecule has 0 amide bonds. The Balaban J connectivity index is 2.77. The van der Waals surface area contributed by atoms with Crippen molar-refractivity contribution in [1.29, 1.82) is 0 Å². The highest BCUT2D eigenvalue weighted by molar-refractivity contribution is 6.31. The summed E-state index contributed by atoms with van der Waals surface area (Å²) in [5.74, 6) is -0.00976. The molecule has 4 heteroatoms. The second kappa shape index (κ2) is 5.75. The molecule has 0 atom stereocenters. The number of carbonyl (C=O) groups is 1. The number of aliphatic carboxylic acids is 1. The van der Waals surface area contributed by atoms with Crippen LogP contribution in [0.5, 0.6) is 5.75 Å². The van der Waals surface area contributed by atoms with E-state index in [1.165, 1.54) is 0 Å². The Hall–Kier alpha value is -1.22. The largest absolute Gasteiger partial charge is 0.496 e. The lowest BCUT2D eigenvalue weighted by Crippen LogP contribution is -1.98. The summed E-state index contributed by atoms with van der Waals surface area (Å²) in [7, 11) is 1.60. The zero-order chi connectivity index (χ0) is 12.1. The van der Waals surface area contributed by atoms with Crippen LogP contribution in [0.25, 0.3) is 0 Å². The van der Waals surface area contributed by atoms with E-state index in [0.29, 0.717) is 17.9 Å². The second-order valence-corrected chi connectivity index (χ2v) is 4.07. The van der Waals surface area contributed by atoms with Gasteiger partial charge in [0.2, 0.25) is 0 Å². The molecule has 0 saturated carbocycles. The lowest BCUT2D eigenvalue weighted by Gasteiger charge is -2.10. The molecular formula is C12H15ClO3. The number of benzene rings is 1. The topological polar surface area (TPSA) is 46.5 Å². The van der Waals surface area contributed by atoms with Gasteiger partial charge in [-0.1, -0.05) is 11.6 Å². The molecule has 0 aromatic heterocycles. The molecule has 1 aromatic carbocycles. The highest BCUT2D eigenvalue weighted by atomic mass is 35.5. The molecule has 0 bridgehead atoms. The monoisotopic (exact) mass is 242 g/mol. The first-order valence-electron chi connectivity index (χ1n) is 5.09. The van der Waals surface area contributed by atoms with Gasteiger partial charge in [0.05, 0.1) is 7.11 Å². The molecule has 0 spiro atoms. The van der Waals surface area contributed by atoms with Crippen molar-refractivity contribution >= 4 is 17.6 Å². The first kappa shape index (κ1) is 12.8. The van der Waals surface area contributed by atoms with E-state index in [1.54, 1.807) is 7.11 Å². The molecule has 88 valence electrons. The lowest BCUT2D eigenvalue weighted by molar-refractivity contribution is -0.137. The minimum Gasteiger partial charge on any atom is -0.496 e. The summed E-state index contributed by atoms with van der Waals surface area (Å²) in [5, 5.41) is 9.25. The molecule has 1 N–H and O–H groups in total. The van der Waals surface area contributed by atoms with E-state index in [1.807, 2.05) is 19.1 Å². The fourth-order valence-corrected chi connectivity index (χ4v) is 1.70. The normalized spacial score (nSPS) is 10.2. The standard InChI is InChI=1S/C12H15ClO3/c1-8-6-11(16-2)9(7-10(8)13)4-3-5-12(14)15/h6-7H,3-5H2,1-2H3,(H,14,15). The van der Waals surface area contributed by atoms with Crippen molar-refractivity contribution in [1.82, 2.24) is 0 Å². The fraction of sp³-hybridized carbons (Fsp3) is 0.417. The molecule has 1 aromatic rings. The molecule has 0 aliphatic heterocycles. The van der Waals surface area contributed by atoms with Gasteiger partial charge < -0.3 is 9.84 Å². The van der Waals surface area contributed by atoms with Crippen LogP contribution in [0, 0.1) is 6.92 Å². The molecule has 16 heavy (non-hydrogen) atoms. The SMILES string of the molecule is COc1cc(C)c(Cl)cc1CCCC(=O)O. The van der Waals surface area contributed by atoms with Crippen LogP contribution in [0.15, 0.2) is 12.1 Å². The zero-order valence-electron chi connectivity index (χ0n) is 9.42. The van der Waals surface area contributed by atoms with Crippen molar-refractivity contribution in [3.05, 3.63) is 28.3 Å². The van der Waals surface area contributed by atoms with Gasteiger partial charge >= 0.3 is 5.97 Å². The summed E-state index contributed by atoms with van der Waals surface area (Å²) >= 11 is 6.01. The van der Waals surface area contributed by atoms with E-state index in [2.05, 4.69) is 0 Å². The molecule has 0 aliphatic carbocycles. The van der Waals surface area contributed by atoms with Crippen LogP contribution in [-0.4, -0.2) is 18.2 Å². The quantitative estimate of drug-likeness (QED) is 0.863. The van der Waals surface area contributed by atoms with Crippen molar-refractivity contribution in [3.8, 4) is 5.75 Å². The third-order valence-electron chi connectivity index (χ3n) is 2.40. The Bertz CT molecular complexity index is 388. The van der Waals surface area contributed by atoms with Crippen molar-refractivity contribution in [2.75, 3.05) is 7.11 Å². The van der Waals surface area contributed by atoms with E-state index >= 15 is 0 Å². The Morgan fingerprint density at radius 3 is 2.75 bits per heavy atom. The highest BCUT2D eigenvalue weighted by Gasteiger charge is 2.07. The molecule has 1 rings (SSSR count). The van der Waals surface area contributed by atoms with Gasteiger partial charge in [0, 0.05) is 11.4 Å². The number of carboxylic acids is 1. The number of aryl methyl sites for hydroxylation is 2. The predicted octanol–water partition coefficient (Wildman–Crippen LogP) is 3.06. The zero-order valence-corrected chi connectivity index (χ0v) is 10.2. The van der Waals surface area contributed by atoms with Crippen molar-refractivity contribution in [3.63, 3.8) is 0 Å². The van der Waals surface area contributed by atoms with Crippen LogP contribution in [0.4, 0.5) is 0 Å². The summed E-state index contributed by atoms with van der Waals surface area (Å²) < 4.78 is 5.23. The lowest BCUT2D eigenvalue weighted by atomic mass is 10.0. The maximum Gasteiger partial charge on any atom is 0.303 e. The Morgan fingerprint density at radius 1 is 1.50 bits per heavy atom. The van der Waals surface area contributed by atoms with Gasteiger partial charge in [-0.3, -0.25) is 4.79 Å². The third kappa shape index (κ3) is 3.42. The van der Waals surface area contributed by atoms with Gasteiger partial charge in [-0.25, -0.2) is 0 Å². The smallest absolute Gasteiger partial charge is 0.303 e. The summed E-state index contributed by atoms with van der Waals surface area (Å²) in [4.78, 5) is 10.4. The number of rotatable bonds is 5. The molecule has 3 nitrogen and oxygen atoms in total. The number of ether oxygens (including phenoxy) is 1. The fourth-order valence-electron chi connectivity index (χ4n) is 1.51. The van der Waals surface area contributed by atoms with Gasteiger partial charge in [0.15, 0.2) is 0 Å². The van der Waals surface area contributed by atoms with Gasteiger partial charge in [0.25, 0.3) is 0 Å². The number of carboxylic acid groups (broad SMARTS) is 1. The minimum absolute atomic E-state index is 0.161. The highest BCUT2D eigenvalue weighted by Crippen LogP contribution is 2.27. The van der Waals surface area contributed by atoms with E-state index in [-0.39, 0.29) is 6.42 Å². The second-order valence-electron chi connectivity index (χ2n) is 3.66. The minimum atomic E-state index is -0.780. The predicted molar refractivity (Wildman–Crippen MR) is 63.3 cm³/mol. The van der Waals surface area contributed by atoms with Crippen molar-refractivity contribution in [2.45, 2.75) is 26.2 Å².